The number of ether oxygens (including phenoxy) is 3. The Labute approximate surface area is 179 Å². The Morgan fingerprint density at radius 3 is 2.39 bits per heavy atom. The van der Waals surface area contributed by atoms with Crippen LogP contribution in [-0.4, -0.2) is 53.0 Å². The van der Waals surface area contributed by atoms with Gasteiger partial charge in [-0.25, -0.2) is 13.2 Å². The lowest BCUT2D eigenvalue weighted by atomic mass is 10.2. The molecule has 11 heteroatoms. The van der Waals surface area contributed by atoms with E-state index in [1.165, 1.54) is 27.2 Å². The minimum atomic E-state index is -3.72. The zero-order valence-corrected chi connectivity index (χ0v) is 17.9. The summed E-state index contributed by atoms with van der Waals surface area (Å²) in [5.74, 6) is -0.344. The van der Waals surface area contributed by atoms with Gasteiger partial charge in [0, 0.05) is 29.4 Å². The van der Waals surface area contributed by atoms with Crippen LogP contribution in [-0.2, 0) is 24.3 Å². The standard InChI is InChI=1S/C20H21N3O7S/c1-12(21-19-16-6-4-5-7-17(16)31(26,27)23-19)20(25)30-11-18(24)22-13-8-14(28-2)10-15(9-13)29-3/h4-10,12H,11H2,1-3H3,(H,21,23)(H,22,24)/t12-/m0/s1. The number of hydrogen-bond donors (Lipinski definition) is 2. The second-order valence-corrected chi connectivity index (χ2v) is 8.16. The van der Waals surface area contributed by atoms with Crippen LogP contribution < -0.4 is 19.5 Å². The van der Waals surface area contributed by atoms with Gasteiger partial charge in [-0.3, -0.25) is 14.5 Å². The molecule has 31 heavy (non-hydrogen) atoms. The summed E-state index contributed by atoms with van der Waals surface area (Å²) in [5, 5.41) is 2.58. The Hall–Kier alpha value is -3.60. The zero-order chi connectivity index (χ0) is 22.6. The molecule has 1 amide bonds. The average Bonchev–Trinajstić information content (AvgIpc) is 3.01. The van der Waals surface area contributed by atoms with Crippen LogP contribution in [0.15, 0.2) is 52.4 Å². The predicted octanol–water partition coefficient (Wildman–Crippen LogP) is 1.31. The second-order valence-electron chi connectivity index (χ2n) is 6.51. The molecule has 0 saturated heterocycles. The first-order valence-corrected chi connectivity index (χ1v) is 10.6. The lowest BCUT2D eigenvalue weighted by Gasteiger charge is -2.11. The van der Waals surface area contributed by atoms with E-state index < -0.39 is 34.5 Å². The van der Waals surface area contributed by atoms with Crippen LogP contribution >= 0.6 is 0 Å². The quantitative estimate of drug-likeness (QED) is 0.612. The number of amides is 1. The topological polar surface area (TPSA) is 132 Å². The maximum absolute atomic E-state index is 12.2. The number of carbonyl (C=O) groups excluding carboxylic acids is 2. The first-order chi connectivity index (χ1) is 14.7. The normalized spacial score (nSPS) is 16.0. The highest BCUT2D eigenvalue weighted by atomic mass is 32.2. The summed E-state index contributed by atoms with van der Waals surface area (Å²) >= 11 is 0. The van der Waals surface area contributed by atoms with Crippen LogP contribution in [0.4, 0.5) is 5.69 Å². The van der Waals surface area contributed by atoms with Gasteiger partial charge in [0.25, 0.3) is 15.9 Å². The third kappa shape index (κ3) is 5.12. The van der Waals surface area contributed by atoms with E-state index >= 15 is 0 Å². The summed E-state index contributed by atoms with van der Waals surface area (Å²) in [5.41, 5.74) is 0.773. The van der Waals surface area contributed by atoms with E-state index in [2.05, 4.69) is 15.0 Å². The number of sulfonamides is 1. The first-order valence-electron chi connectivity index (χ1n) is 9.13. The predicted molar refractivity (Wildman–Crippen MR) is 112 cm³/mol. The summed E-state index contributed by atoms with van der Waals surface area (Å²) in [7, 11) is -0.755. The van der Waals surface area contributed by atoms with Crippen LogP contribution in [0.5, 0.6) is 11.5 Å². The molecule has 0 bridgehead atoms. The molecule has 1 aliphatic heterocycles. The lowest BCUT2D eigenvalue weighted by Crippen LogP contribution is -2.28. The van der Waals surface area contributed by atoms with Gasteiger partial charge in [-0.15, -0.1) is 0 Å². The number of benzene rings is 2. The molecular formula is C20H21N3O7S. The highest BCUT2D eigenvalue weighted by Gasteiger charge is 2.31. The summed E-state index contributed by atoms with van der Waals surface area (Å²) in [6, 6.07) is 10.1. The van der Waals surface area contributed by atoms with Crippen molar-refractivity contribution in [2.45, 2.75) is 17.9 Å². The number of rotatable bonds is 7. The molecule has 0 fully saturated rings. The maximum Gasteiger partial charge on any atom is 0.331 e. The van der Waals surface area contributed by atoms with Crippen molar-refractivity contribution >= 4 is 33.4 Å². The molecule has 10 nitrogen and oxygen atoms in total. The van der Waals surface area contributed by atoms with Gasteiger partial charge in [-0.05, 0) is 19.1 Å². The van der Waals surface area contributed by atoms with Gasteiger partial charge in [-0.1, -0.05) is 12.1 Å². The Balaban J connectivity index is 1.61. The third-order valence-corrected chi connectivity index (χ3v) is 5.70. The van der Waals surface area contributed by atoms with Gasteiger partial charge in [0.15, 0.2) is 6.61 Å². The number of esters is 1. The van der Waals surface area contributed by atoms with E-state index in [1.807, 2.05) is 0 Å². The van der Waals surface area contributed by atoms with Gasteiger partial charge in [-0.2, -0.15) is 0 Å². The van der Waals surface area contributed by atoms with Gasteiger partial charge in [0.05, 0.1) is 19.1 Å². The first kappa shape index (κ1) is 22.1. The number of nitrogens with one attached hydrogen (secondary N) is 2. The van der Waals surface area contributed by atoms with E-state index in [4.69, 9.17) is 14.2 Å². The van der Waals surface area contributed by atoms with Crippen LogP contribution in [0.2, 0.25) is 0 Å². The molecule has 164 valence electrons. The maximum atomic E-state index is 12.2. The lowest BCUT2D eigenvalue weighted by molar-refractivity contribution is -0.148. The number of methoxy groups -OCH3 is 2. The fourth-order valence-corrected chi connectivity index (χ4v) is 4.05. The van der Waals surface area contributed by atoms with Crippen molar-refractivity contribution in [3.05, 3.63) is 48.0 Å². The highest BCUT2D eigenvalue weighted by Crippen LogP contribution is 2.26. The molecule has 2 N–H and O–H groups in total. The number of carbonyl (C=O) groups is 2. The van der Waals surface area contributed by atoms with E-state index in [-0.39, 0.29) is 10.7 Å². The van der Waals surface area contributed by atoms with Crippen LogP contribution in [0, 0.1) is 0 Å². The van der Waals surface area contributed by atoms with Crippen molar-refractivity contribution in [1.82, 2.24) is 4.72 Å². The second kappa shape index (κ2) is 9.04. The molecule has 1 aliphatic rings. The van der Waals surface area contributed by atoms with Crippen molar-refractivity contribution in [2.75, 3.05) is 26.1 Å². The zero-order valence-electron chi connectivity index (χ0n) is 17.0. The van der Waals surface area contributed by atoms with E-state index in [1.54, 1.807) is 36.4 Å². The molecule has 0 spiro atoms. The molecule has 2 aromatic rings. The van der Waals surface area contributed by atoms with E-state index in [0.717, 1.165) is 0 Å². The number of amidine groups is 1. The monoisotopic (exact) mass is 447 g/mol. The molecule has 0 saturated carbocycles. The Kier molecular flexibility index (Phi) is 6.44. The molecule has 3 rings (SSSR count). The molecule has 0 aliphatic carbocycles. The molecular weight excluding hydrogens is 426 g/mol. The molecule has 0 radical (unpaired) electrons. The minimum absolute atomic E-state index is 0.0491. The number of fused-ring (bicyclic) bond motifs is 1. The fourth-order valence-electron chi connectivity index (χ4n) is 2.81. The SMILES string of the molecule is COc1cc(NC(=O)COC(=O)[C@H](C)N=C2NS(=O)(=O)c3ccccc32)cc(OC)c1. The molecule has 0 unspecified atom stereocenters. The van der Waals surface area contributed by atoms with Gasteiger partial charge in [0.1, 0.15) is 23.4 Å². The van der Waals surface area contributed by atoms with Crippen LogP contribution in [0.25, 0.3) is 0 Å². The third-order valence-electron chi connectivity index (χ3n) is 4.31. The van der Waals surface area contributed by atoms with Crippen molar-refractivity contribution in [3.8, 4) is 11.5 Å². The number of anilines is 1. The van der Waals surface area contributed by atoms with E-state index in [9.17, 15) is 18.0 Å². The molecule has 0 aromatic heterocycles. The molecule has 1 atom stereocenters. The Bertz CT molecular complexity index is 1120. The molecule has 1 heterocycles. The van der Waals surface area contributed by atoms with Crippen molar-refractivity contribution in [2.24, 2.45) is 4.99 Å². The summed E-state index contributed by atoms with van der Waals surface area (Å²) < 4.78 is 41.8. The van der Waals surface area contributed by atoms with Crippen LogP contribution in [0.1, 0.15) is 12.5 Å². The van der Waals surface area contributed by atoms with Crippen LogP contribution in [0.3, 0.4) is 0 Å². The largest absolute Gasteiger partial charge is 0.497 e. The van der Waals surface area contributed by atoms with Crippen molar-refractivity contribution < 1.29 is 32.2 Å². The minimum Gasteiger partial charge on any atom is -0.497 e. The highest BCUT2D eigenvalue weighted by molar-refractivity contribution is 7.90. The Morgan fingerprint density at radius 2 is 1.74 bits per heavy atom. The summed E-state index contributed by atoms with van der Waals surface area (Å²) in [4.78, 5) is 28.6. The van der Waals surface area contributed by atoms with Gasteiger partial charge >= 0.3 is 5.97 Å². The fraction of sp³-hybridized carbons (Fsp3) is 0.250. The summed E-state index contributed by atoms with van der Waals surface area (Å²) in [6.07, 6.45) is 0. The average molecular weight is 447 g/mol. The van der Waals surface area contributed by atoms with Crippen molar-refractivity contribution in [1.29, 1.82) is 0 Å². The Morgan fingerprint density at radius 1 is 1.10 bits per heavy atom. The number of hydrogen-bond acceptors (Lipinski definition) is 8. The molecule has 2 aromatic carbocycles. The van der Waals surface area contributed by atoms with Gasteiger partial charge in [0.2, 0.25) is 0 Å². The summed E-state index contributed by atoms with van der Waals surface area (Å²) in [6.45, 7) is 0.894. The van der Waals surface area contributed by atoms with Crippen molar-refractivity contribution in [3.63, 3.8) is 0 Å². The van der Waals surface area contributed by atoms with E-state index in [0.29, 0.717) is 22.7 Å². The van der Waals surface area contributed by atoms with Gasteiger partial charge < -0.3 is 19.5 Å². The smallest absolute Gasteiger partial charge is 0.331 e. The number of nitrogens with zero attached hydrogens (tertiary/aromatic N) is 1. The number of aliphatic imine (C=N–C) groups is 1.